The predicted molar refractivity (Wildman–Crippen MR) is 156 cm³/mol. The van der Waals surface area contributed by atoms with Crippen LogP contribution in [0.15, 0.2) is 77.7 Å². The summed E-state index contributed by atoms with van der Waals surface area (Å²) in [6.45, 7) is 3.40. The minimum Gasteiger partial charge on any atom is -0.354 e. The van der Waals surface area contributed by atoms with Crippen molar-refractivity contribution in [2.75, 3.05) is 17.4 Å². The highest BCUT2D eigenvalue weighted by Gasteiger charge is 2.34. The summed E-state index contributed by atoms with van der Waals surface area (Å²) in [6.07, 6.45) is 1.90. The first kappa shape index (κ1) is 31.4. The number of carbonyl (C=O) groups is 2. The van der Waals surface area contributed by atoms with Gasteiger partial charge in [-0.05, 0) is 54.8 Å². The van der Waals surface area contributed by atoms with Crippen LogP contribution in [0.3, 0.4) is 0 Å². The van der Waals surface area contributed by atoms with Crippen molar-refractivity contribution < 1.29 is 22.4 Å². The lowest BCUT2D eigenvalue weighted by Crippen LogP contribution is -2.52. The minimum absolute atomic E-state index is 0.0497. The molecule has 3 rings (SSSR count). The van der Waals surface area contributed by atoms with Crippen LogP contribution in [0.4, 0.5) is 10.1 Å². The Balaban J connectivity index is 2.05. The number of benzene rings is 3. The highest BCUT2D eigenvalue weighted by atomic mass is 35.5. The monoisotopic (exact) mass is 607 g/mol. The van der Waals surface area contributed by atoms with Gasteiger partial charge in [-0.2, -0.15) is 0 Å². The Labute approximate surface area is 244 Å². The third kappa shape index (κ3) is 7.74. The van der Waals surface area contributed by atoms with E-state index in [0.717, 1.165) is 23.2 Å². The molecule has 0 heterocycles. The SMILES string of the molecule is CCCCNC(=O)C(CC)N(Cc1ccc(Cl)c(Cl)c1)C(=O)CN(c1ccccc1F)S(=O)(=O)c1ccccc1. The summed E-state index contributed by atoms with van der Waals surface area (Å²) in [4.78, 5) is 28.4. The number of amides is 2. The summed E-state index contributed by atoms with van der Waals surface area (Å²) >= 11 is 12.3. The number of nitrogens with one attached hydrogen (secondary N) is 1. The fourth-order valence-corrected chi connectivity index (χ4v) is 5.91. The Morgan fingerprint density at radius 3 is 2.25 bits per heavy atom. The van der Waals surface area contributed by atoms with Crippen LogP contribution in [-0.4, -0.2) is 44.3 Å². The van der Waals surface area contributed by atoms with Crippen molar-refractivity contribution in [3.05, 3.63) is 94.2 Å². The number of hydrogen-bond donors (Lipinski definition) is 1. The van der Waals surface area contributed by atoms with E-state index in [-0.39, 0.29) is 34.5 Å². The fraction of sp³-hybridized carbons (Fsp3) is 0.310. The summed E-state index contributed by atoms with van der Waals surface area (Å²) in [5.74, 6) is -1.87. The molecule has 0 aliphatic heterocycles. The first-order chi connectivity index (χ1) is 19.1. The molecule has 40 heavy (non-hydrogen) atoms. The fourth-order valence-electron chi connectivity index (χ4n) is 4.15. The topological polar surface area (TPSA) is 86.8 Å². The standard InChI is InChI=1S/C29H32Cl2FN3O4S/c1-3-5-17-33-29(37)26(4-2)34(19-21-15-16-23(30)24(31)18-21)28(36)20-35(27-14-10-9-13-25(27)32)40(38,39)22-11-7-6-8-12-22/h6-16,18,26H,3-5,17,19-20H2,1-2H3,(H,33,37). The molecule has 11 heteroatoms. The van der Waals surface area contributed by atoms with Gasteiger partial charge >= 0.3 is 0 Å². The van der Waals surface area contributed by atoms with Crippen molar-refractivity contribution in [1.82, 2.24) is 10.2 Å². The highest BCUT2D eigenvalue weighted by molar-refractivity contribution is 7.92. The van der Waals surface area contributed by atoms with E-state index < -0.39 is 34.3 Å². The highest BCUT2D eigenvalue weighted by Crippen LogP contribution is 2.28. The van der Waals surface area contributed by atoms with Gasteiger partial charge in [0.05, 0.1) is 20.6 Å². The number of unbranched alkanes of at least 4 members (excludes halogenated alkanes) is 1. The normalized spacial score (nSPS) is 12.0. The van der Waals surface area contributed by atoms with Crippen LogP contribution < -0.4 is 9.62 Å². The third-order valence-electron chi connectivity index (χ3n) is 6.28. The first-order valence-electron chi connectivity index (χ1n) is 12.9. The van der Waals surface area contributed by atoms with E-state index >= 15 is 0 Å². The molecule has 0 radical (unpaired) electrons. The summed E-state index contributed by atoms with van der Waals surface area (Å²) in [5, 5.41) is 3.45. The summed E-state index contributed by atoms with van der Waals surface area (Å²) in [7, 11) is -4.35. The summed E-state index contributed by atoms with van der Waals surface area (Å²) < 4.78 is 43.1. The van der Waals surface area contributed by atoms with Gasteiger partial charge in [-0.1, -0.05) is 79.9 Å². The molecule has 1 N–H and O–H groups in total. The van der Waals surface area contributed by atoms with Gasteiger partial charge in [-0.15, -0.1) is 0 Å². The average Bonchev–Trinajstić information content (AvgIpc) is 2.94. The van der Waals surface area contributed by atoms with E-state index in [1.54, 1.807) is 43.3 Å². The van der Waals surface area contributed by atoms with Gasteiger partial charge in [0.2, 0.25) is 11.8 Å². The van der Waals surface area contributed by atoms with Crippen LogP contribution in [0, 0.1) is 5.82 Å². The molecule has 0 bridgehead atoms. The average molecular weight is 609 g/mol. The molecule has 3 aromatic carbocycles. The van der Waals surface area contributed by atoms with Gasteiger partial charge in [0.25, 0.3) is 10.0 Å². The number of rotatable bonds is 13. The van der Waals surface area contributed by atoms with Gasteiger partial charge in [-0.25, -0.2) is 12.8 Å². The number of carbonyl (C=O) groups excluding carboxylic acids is 2. The molecule has 0 aliphatic rings. The molecule has 1 unspecified atom stereocenters. The molecule has 1 atom stereocenters. The van der Waals surface area contributed by atoms with Crippen LogP contribution in [0.5, 0.6) is 0 Å². The van der Waals surface area contributed by atoms with Crippen molar-refractivity contribution in [3.63, 3.8) is 0 Å². The molecular formula is C29H32Cl2FN3O4S. The molecule has 2 amide bonds. The van der Waals surface area contributed by atoms with Crippen molar-refractivity contribution in [2.24, 2.45) is 0 Å². The second kappa shape index (κ2) is 14.5. The van der Waals surface area contributed by atoms with Crippen LogP contribution in [-0.2, 0) is 26.2 Å². The smallest absolute Gasteiger partial charge is 0.264 e. The van der Waals surface area contributed by atoms with Gasteiger partial charge in [0.1, 0.15) is 18.4 Å². The van der Waals surface area contributed by atoms with E-state index in [0.29, 0.717) is 17.1 Å². The van der Waals surface area contributed by atoms with E-state index in [4.69, 9.17) is 23.2 Å². The number of nitrogens with zero attached hydrogens (tertiary/aromatic N) is 2. The third-order valence-corrected chi connectivity index (χ3v) is 8.80. The van der Waals surface area contributed by atoms with Gasteiger partial charge in [-0.3, -0.25) is 13.9 Å². The Bertz CT molecular complexity index is 1420. The van der Waals surface area contributed by atoms with Crippen LogP contribution in [0.1, 0.15) is 38.7 Å². The Morgan fingerprint density at radius 1 is 0.950 bits per heavy atom. The number of halogens is 3. The van der Waals surface area contributed by atoms with E-state index in [1.807, 2.05) is 6.92 Å². The zero-order valence-corrected chi connectivity index (χ0v) is 24.6. The molecule has 0 aromatic heterocycles. The molecular weight excluding hydrogens is 576 g/mol. The molecule has 0 saturated carbocycles. The number of para-hydroxylation sites is 1. The first-order valence-corrected chi connectivity index (χ1v) is 15.1. The number of sulfonamides is 1. The lowest BCUT2D eigenvalue weighted by atomic mass is 10.1. The second-order valence-corrected chi connectivity index (χ2v) is 11.8. The quantitative estimate of drug-likeness (QED) is 0.240. The zero-order valence-electron chi connectivity index (χ0n) is 22.3. The second-order valence-electron chi connectivity index (χ2n) is 9.11. The summed E-state index contributed by atoms with van der Waals surface area (Å²) in [5.41, 5.74) is 0.306. The van der Waals surface area contributed by atoms with Crippen molar-refractivity contribution in [3.8, 4) is 0 Å². The lowest BCUT2D eigenvalue weighted by Gasteiger charge is -2.33. The molecule has 0 saturated heterocycles. The maximum Gasteiger partial charge on any atom is 0.264 e. The molecule has 7 nitrogen and oxygen atoms in total. The van der Waals surface area contributed by atoms with Gasteiger partial charge in [0.15, 0.2) is 0 Å². The van der Waals surface area contributed by atoms with Crippen LogP contribution in [0.2, 0.25) is 10.0 Å². The molecule has 3 aromatic rings. The van der Waals surface area contributed by atoms with E-state index in [2.05, 4.69) is 5.32 Å². The number of anilines is 1. The summed E-state index contributed by atoms with van der Waals surface area (Å²) in [6, 6.07) is 16.7. The van der Waals surface area contributed by atoms with Crippen LogP contribution in [0.25, 0.3) is 0 Å². The van der Waals surface area contributed by atoms with Crippen LogP contribution >= 0.6 is 23.2 Å². The molecule has 0 aliphatic carbocycles. The Kier molecular flexibility index (Phi) is 11.4. The van der Waals surface area contributed by atoms with E-state index in [9.17, 15) is 22.4 Å². The Morgan fingerprint density at radius 2 is 1.62 bits per heavy atom. The predicted octanol–water partition coefficient (Wildman–Crippen LogP) is 6.05. The van der Waals surface area contributed by atoms with E-state index in [1.165, 1.54) is 35.2 Å². The zero-order chi connectivity index (χ0) is 29.3. The maximum atomic E-state index is 15.0. The Hall–Kier alpha value is -3.14. The number of hydrogen-bond acceptors (Lipinski definition) is 4. The van der Waals surface area contributed by atoms with Crippen molar-refractivity contribution in [2.45, 2.75) is 50.6 Å². The lowest BCUT2D eigenvalue weighted by molar-refractivity contribution is -0.140. The van der Waals surface area contributed by atoms with Gasteiger partial charge < -0.3 is 10.2 Å². The maximum absolute atomic E-state index is 15.0. The van der Waals surface area contributed by atoms with Crippen molar-refractivity contribution in [1.29, 1.82) is 0 Å². The molecule has 0 fully saturated rings. The largest absolute Gasteiger partial charge is 0.354 e. The molecule has 214 valence electrons. The molecule has 0 spiro atoms. The van der Waals surface area contributed by atoms with Gasteiger partial charge in [0, 0.05) is 13.1 Å². The minimum atomic E-state index is -4.35. The van der Waals surface area contributed by atoms with Crippen molar-refractivity contribution >= 4 is 50.7 Å².